The van der Waals surface area contributed by atoms with E-state index in [9.17, 15) is 0 Å². The topological polar surface area (TPSA) is 55.0 Å². The fourth-order valence-corrected chi connectivity index (χ4v) is 2.78. The van der Waals surface area contributed by atoms with Gasteiger partial charge in [-0.15, -0.1) is 5.10 Å². The van der Waals surface area contributed by atoms with E-state index in [4.69, 9.17) is 5.73 Å². The lowest BCUT2D eigenvalue weighted by atomic mass is 10.1. The number of hydrogen-bond donors (Lipinski definition) is 1. The Labute approximate surface area is 94.6 Å². The Morgan fingerprint density at radius 3 is 2.93 bits per heavy atom. The van der Waals surface area contributed by atoms with Gasteiger partial charge in [0.1, 0.15) is 10.7 Å². The molecule has 0 amide bonds. The molecule has 1 saturated heterocycles. The first-order valence-corrected chi connectivity index (χ1v) is 6.32. The first kappa shape index (κ1) is 10.8. The van der Waals surface area contributed by atoms with Crippen molar-refractivity contribution in [3.63, 3.8) is 0 Å². The summed E-state index contributed by atoms with van der Waals surface area (Å²) < 4.78 is 3.88. The van der Waals surface area contributed by atoms with Gasteiger partial charge in [-0.3, -0.25) is 4.90 Å². The SMILES string of the molecule is CCC1CCC(C)N1Cc1nnsc1N. The van der Waals surface area contributed by atoms with Crippen molar-refractivity contribution in [2.24, 2.45) is 0 Å². The molecule has 84 valence electrons. The molecule has 0 spiro atoms. The third-order valence-corrected chi connectivity index (χ3v) is 3.94. The van der Waals surface area contributed by atoms with Gasteiger partial charge in [0.25, 0.3) is 0 Å². The second-order valence-corrected chi connectivity index (χ2v) is 5.03. The Hall–Kier alpha value is -0.680. The normalized spacial score (nSPS) is 27.3. The molecule has 1 aliphatic heterocycles. The molecule has 2 N–H and O–H groups in total. The Balaban J connectivity index is 2.07. The summed E-state index contributed by atoms with van der Waals surface area (Å²) in [6.07, 6.45) is 3.80. The van der Waals surface area contributed by atoms with Gasteiger partial charge in [-0.05, 0) is 26.2 Å². The summed E-state index contributed by atoms with van der Waals surface area (Å²) in [6.45, 7) is 5.39. The molecule has 2 unspecified atom stereocenters. The van der Waals surface area contributed by atoms with Gasteiger partial charge in [0, 0.05) is 30.2 Å². The highest BCUT2D eigenvalue weighted by Crippen LogP contribution is 2.28. The van der Waals surface area contributed by atoms with Crippen LogP contribution in [0.5, 0.6) is 0 Å². The molecule has 0 bridgehead atoms. The number of anilines is 1. The minimum atomic E-state index is 0.649. The molecule has 0 radical (unpaired) electrons. The molecule has 1 fully saturated rings. The van der Waals surface area contributed by atoms with Gasteiger partial charge < -0.3 is 5.73 Å². The Morgan fingerprint density at radius 2 is 2.33 bits per heavy atom. The Morgan fingerprint density at radius 1 is 1.53 bits per heavy atom. The van der Waals surface area contributed by atoms with Crippen molar-refractivity contribution in [2.45, 2.75) is 51.7 Å². The molecule has 2 heterocycles. The number of hydrogen-bond acceptors (Lipinski definition) is 5. The molecule has 1 aromatic rings. The molecule has 0 saturated carbocycles. The van der Waals surface area contributed by atoms with E-state index in [1.165, 1.54) is 30.8 Å². The first-order chi connectivity index (χ1) is 7.22. The number of aromatic nitrogens is 2. The molecule has 0 aromatic carbocycles. The van der Waals surface area contributed by atoms with Gasteiger partial charge in [0.05, 0.1) is 0 Å². The van der Waals surface area contributed by atoms with Gasteiger partial charge in [-0.25, -0.2) is 0 Å². The second kappa shape index (κ2) is 4.45. The maximum absolute atomic E-state index is 5.82. The number of likely N-dealkylation sites (tertiary alicyclic amines) is 1. The first-order valence-electron chi connectivity index (χ1n) is 5.54. The van der Waals surface area contributed by atoms with Crippen molar-refractivity contribution in [3.05, 3.63) is 5.69 Å². The Bertz CT molecular complexity index is 325. The van der Waals surface area contributed by atoms with E-state index in [0.717, 1.165) is 17.2 Å². The highest BCUT2D eigenvalue weighted by molar-refractivity contribution is 7.09. The van der Waals surface area contributed by atoms with Crippen LogP contribution in [0.25, 0.3) is 0 Å². The van der Waals surface area contributed by atoms with Crippen LogP contribution in [0.4, 0.5) is 5.00 Å². The van der Waals surface area contributed by atoms with Crippen LogP contribution in [0.2, 0.25) is 0 Å². The summed E-state index contributed by atoms with van der Waals surface area (Å²) in [4.78, 5) is 2.51. The van der Waals surface area contributed by atoms with Crippen LogP contribution in [-0.2, 0) is 6.54 Å². The summed E-state index contributed by atoms with van der Waals surface area (Å²) in [7, 11) is 0. The molecule has 1 aromatic heterocycles. The third kappa shape index (κ3) is 2.13. The molecule has 15 heavy (non-hydrogen) atoms. The van der Waals surface area contributed by atoms with Gasteiger partial charge in [0.15, 0.2) is 0 Å². The zero-order valence-corrected chi connectivity index (χ0v) is 10.1. The van der Waals surface area contributed by atoms with E-state index in [2.05, 4.69) is 28.3 Å². The van der Waals surface area contributed by atoms with E-state index >= 15 is 0 Å². The van der Waals surface area contributed by atoms with Crippen molar-refractivity contribution in [1.82, 2.24) is 14.5 Å². The van der Waals surface area contributed by atoms with E-state index in [1.807, 2.05) is 0 Å². The van der Waals surface area contributed by atoms with Gasteiger partial charge in [0.2, 0.25) is 0 Å². The lowest BCUT2D eigenvalue weighted by Crippen LogP contribution is -2.33. The molecule has 2 rings (SSSR count). The molecular formula is C10H18N4S. The van der Waals surface area contributed by atoms with Crippen LogP contribution in [0.3, 0.4) is 0 Å². The minimum Gasteiger partial charge on any atom is -0.388 e. The fraction of sp³-hybridized carbons (Fsp3) is 0.800. The monoisotopic (exact) mass is 226 g/mol. The lowest BCUT2D eigenvalue weighted by Gasteiger charge is -2.26. The number of nitrogens with two attached hydrogens (primary N) is 1. The van der Waals surface area contributed by atoms with Crippen molar-refractivity contribution >= 4 is 16.5 Å². The standard InChI is InChI=1S/C10H18N4S/c1-3-8-5-4-7(2)14(8)6-9-10(11)15-13-12-9/h7-8H,3-6,11H2,1-2H3. The minimum absolute atomic E-state index is 0.649. The van der Waals surface area contributed by atoms with Crippen molar-refractivity contribution in [3.8, 4) is 0 Å². The van der Waals surface area contributed by atoms with Crippen LogP contribution in [0.1, 0.15) is 38.8 Å². The molecule has 2 atom stereocenters. The highest BCUT2D eigenvalue weighted by atomic mass is 32.1. The predicted octanol–water partition coefficient (Wildman–Crippen LogP) is 1.88. The van der Waals surface area contributed by atoms with Gasteiger partial charge >= 0.3 is 0 Å². The largest absolute Gasteiger partial charge is 0.388 e. The summed E-state index contributed by atoms with van der Waals surface area (Å²) in [5, 5.41) is 4.85. The average molecular weight is 226 g/mol. The smallest absolute Gasteiger partial charge is 0.132 e. The number of nitrogen functional groups attached to an aromatic ring is 1. The van der Waals surface area contributed by atoms with Crippen molar-refractivity contribution < 1.29 is 0 Å². The van der Waals surface area contributed by atoms with Crippen LogP contribution < -0.4 is 5.73 Å². The van der Waals surface area contributed by atoms with E-state index in [1.54, 1.807) is 0 Å². The van der Waals surface area contributed by atoms with E-state index in [0.29, 0.717) is 12.1 Å². The van der Waals surface area contributed by atoms with Crippen molar-refractivity contribution in [1.29, 1.82) is 0 Å². The number of rotatable bonds is 3. The number of nitrogens with zero attached hydrogens (tertiary/aromatic N) is 3. The lowest BCUT2D eigenvalue weighted by molar-refractivity contribution is 0.187. The maximum atomic E-state index is 5.82. The Kier molecular flexibility index (Phi) is 3.21. The van der Waals surface area contributed by atoms with Crippen LogP contribution in [0.15, 0.2) is 0 Å². The summed E-state index contributed by atoms with van der Waals surface area (Å²) in [6, 6.07) is 1.34. The quantitative estimate of drug-likeness (QED) is 0.855. The van der Waals surface area contributed by atoms with Crippen LogP contribution in [0, 0.1) is 0 Å². The molecule has 1 aliphatic rings. The molecular weight excluding hydrogens is 208 g/mol. The molecule has 5 heteroatoms. The van der Waals surface area contributed by atoms with E-state index < -0.39 is 0 Å². The van der Waals surface area contributed by atoms with Gasteiger partial charge in [-0.2, -0.15) is 0 Å². The zero-order valence-electron chi connectivity index (χ0n) is 9.31. The summed E-state index contributed by atoms with van der Waals surface area (Å²) in [5.41, 5.74) is 6.77. The zero-order chi connectivity index (χ0) is 10.8. The average Bonchev–Trinajstić information content (AvgIpc) is 2.77. The molecule has 4 nitrogen and oxygen atoms in total. The van der Waals surface area contributed by atoms with Crippen molar-refractivity contribution in [2.75, 3.05) is 5.73 Å². The third-order valence-electron chi connectivity index (χ3n) is 3.34. The summed E-state index contributed by atoms with van der Waals surface area (Å²) in [5.74, 6) is 0. The highest BCUT2D eigenvalue weighted by Gasteiger charge is 2.30. The van der Waals surface area contributed by atoms with Crippen LogP contribution >= 0.6 is 11.5 Å². The fourth-order valence-electron chi connectivity index (χ4n) is 2.35. The second-order valence-electron chi connectivity index (χ2n) is 4.24. The maximum Gasteiger partial charge on any atom is 0.132 e. The summed E-state index contributed by atoms with van der Waals surface area (Å²) >= 11 is 1.29. The van der Waals surface area contributed by atoms with Crippen LogP contribution in [-0.4, -0.2) is 26.6 Å². The predicted molar refractivity (Wildman–Crippen MR) is 62.6 cm³/mol. The van der Waals surface area contributed by atoms with E-state index in [-0.39, 0.29) is 0 Å². The molecule has 0 aliphatic carbocycles. The van der Waals surface area contributed by atoms with Gasteiger partial charge in [-0.1, -0.05) is 11.4 Å².